The van der Waals surface area contributed by atoms with E-state index in [0.717, 1.165) is 16.9 Å². The van der Waals surface area contributed by atoms with Gasteiger partial charge in [0.05, 0.1) is 18.9 Å². The molecule has 0 aliphatic rings. The van der Waals surface area contributed by atoms with Gasteiger partial charge in [-0.3, -0.25) is 0 Å². The summed E-state index contributed by atoms with van der Waals surface area (Å²) in [5.74, 6) is 0.758. The fourth-order valence-electron chi connectivity index (χ4n) is 1.98. The molecule has 0 saturated heterocycles. The lowest BCUT2D eigenvalue weighted by Crippen LogP contribution is -2.24. The zero-order chi connectivity index (χ0) is 16.7. The number of hydrazone groups is 1. The molecule has 1 N–H and O–H groups in total. The maximum atomic E-state index is 11.7. The lowest BCUT2D eigenvalue weighted by molar-refractivity contribution is 0.116. The van der Waals surface area contributed by atoms with Crippen molar-refractivity contribution in [2.75, 3.05) is 7.11 Å². The summed E-state index contributed by atoms with van der Waals surface area (Å²) in [5, 5.41) is 4.22. The molecule has 1 amide bonds. The molecule has 0 bridgehead atoms. The van der Waals surface area contributed by atoms with E-state index < -0.39 is 6.09 Å². The Kier molecular flexibility index (Phi) is 5.74. The number of hydrogen-bond acceptors (Lipinski definition) is 4. The van der Waals surface area contributed by atoms with Gasteiger partial charge in [-0.1, -0.05) is 30.3 Å². The Morgan fingerprint density at radius 1 is 1.00 bits per heavy atom. The van der Waals surface area contributed by atoms with Gasteiger partial charge in [-0.15, -0.1) is 0 Å². The van der Waals surface area contributed by atoms with E-state index in [1.807, 2.05) is 54.6 Å². The molecule has 0 aliphatic heterocycles. The summed E-state index contributed by atoms with van der Waals surface area (Å²) < 4.78 is 10.2. The normalized spacial score (nSPS) is 11.2. The highest BCUT2D eigenvalue weighted by molar-refractivity contribution is 6.13. The molecule has 5 heteroatoms. The number of nitrogens with one attached hydrogen (secondary N) is 1. The van der Waals surface area contributed by atoms with Crippen molar-refractivity contribution >= 4 is 11.8 Å². The summed E-state index contributed by atoms with van der Waals surface area (Å²) in [4.78, 5) is 11.7. The van der Waals surface area contributed by atoms with Gasteiger partial charge in [-0.05, 0) is 38.1 Å². The van der Waals surface area contributed by atoms with E-state index in [0.29, 0.717) is 5.71 Å². The molecule has 2 aromatic carbocycles. The average Bonchev–Trinajstić information content (AvgIpc) is 2.56. The van der Waals surface area contributed by atoms with Crippen molar-refractivity contribution < 1.29 is 14.3 Å². The van der Waals surface area contributed by atoms with Crippen LogP contribution in [0.25, 0.3) is 0 Å². The van der Waals surface area contributed by atoms with Crippen LogP contribution in [0.15, 0.2) is 59.7 Å². The fraction of sp³-hybridized carbons (Fsp3) is 0.222. The number of rotatable bonds is 5. The Labute approximate surface area is 135 Å². The van der Waals surface area contributed by atoms with Crippen LogP contribution in [0.5, 0.6) is 5.75 Å². The van der Waals surface area contributed by atoms with Gasteiger partial charge in [-0.25, -0.2) is 10.2 Å². The number of amides is 1. The smallest absolute Gasteiger partial charge is 0.428 e. The number of hydrogen-bond donors (Lipinski definition) is 1. The number of benzene rings is 2. The molecule has 0 unspecified atom stereocenters. The molecule has 0 heterocycles. The molecule has 5 nitrogen and oxygen atoms in total. The Morgan fingerprint density at radius 2 is 1.61 bits per heavy atom. The fourth-order valence-corrected chi connectivity index (χ4v) is 1.98. The highest BCUT2D eigenvalue weighted by atomic mass is 16.6. The zero-order valence-electron chi connectivity index (χ0n) is 13.4. The van der Waals surface area contributed by atoms with E-state index in [1.165, 1.54) is 0 Å². The Balaban J connectivity index is 2.30. The number of carbonyl (C=O) groups excluding carboxylic acids is 1. The second-order valence-electron chi connectivity index (χ2n) is 5.12. The Bertz CT molecular complexity index is 664. The molecule has 0 aliphatic carbocycles. The van der Waals surface area contributed by atoms with Crippen LogP contribution < -0.4 is 10.2 Å². The largest absolute Gasteiger partial charge is 0.497 e. The minimum absolute atomic E-state index is 0.202. The standard InChI is InChI=1S/C18H20N2O3/c1-13(2)23-18(21)20-19-17(14-7-5-4-6-8-14)15-9-11-16(22-3)12-10-15/h4-13H,1-3H3,(H,20,21)/b19-17+. The highest BCUT2D eigenvalue weighted by Gasteiger charge is 2.09. The van der Waals surface area contributed by atoms with Crippen molar-refractivity contribution in [2.45, 2.75) is 20.0 Å². The SMILES string of the molecule is COc1ccc(/C(=N/NC(=O)OC(C)C)c2ccccc2)cc1. The molecule has 2 aromatic rings. The van der Waals surface area contributed by atoms with E-state index in [-0.39, 0.29) is 6.10 Å². The van der Waals surface area contributed by atoms with Crippen LogP contribution in [0.2, 0.25) is 0 Å². The van der Waals surface area contributed by atoms with Gasteiger partial charge in [0.1, 0.15) is 5.75 Å². The molecule has 0 atom stereocenters. The topological polar surface area (TPSA) is 59.9 Å². The first-order valence-corrected chi connectivity index (χ1v) is 7.34. The molecule has 120 valence electrons. The van der Waals surface area contributed by atoms with Gasteiger partial charge < -0.3 is 9.47 Å². The maximum absolute atomic E-state index is 11.7. The Hall–Kier alpha value is -2.82. The number of nitrogens with zero attached hydrogens (tertiary/aromatic N) is 1. The molecule has 0 aromatic heterocycles. The predicted molar refractivity (Wildman–Crippen MR) is 89.8 cm³/mol. The van der Waals surface area contributed by atoms with E-state index in [9.17, 15) is 4.79 Å². The minimum Gasteiger partial charge on any atom is -0.497 e. The van der Waals surface area contributed by atoms with Crippen molar-refractivity contribution in [1.29, 1.82) is 0 Å². The van der Waals surface area contributed by atoms with Crippen LogP contribution >= 0.6 is 0 Å². The van der Waals surface area contributed by atoms with Crippen molar-refractivity contribution in [3.8, 4) is 5.75 Å². The second-order valence-corrected chi connectivity index (χ2v) is 5.12. The molecule has 0 saturated carbocycles. The first-order chi connectivity index (χ1) is 11.1. The Morgan fingerprint density at radius 3 is 2.17 bits per heavy atom. The van der Waals surface area contributed by atoms with Crippen molar-refractivity contribution in [1.82, 2.24) is 5.43 Å². The first-order valence-electron chi connectivity index (χ1n) is 7.34. The minimum atomic E-state index is -0.582. The summed E-state index contributed by atoms with van der Waals surface area (Å²) in [7, 11) is 1.62. The van der Waals surface area contributed by atoms with Gasteiger partial charge in [0.15, 0.2) is 0 Å². The maximum Gasteiger partial charge on any atom is 0.428 e. The van der Waals surface area contributed by atoms with E-state index in [1.54, 1.807) is 21.0 Å². The number of carbonyl (C=O) groups is 1. The third-order valence-corrected chi connectivity index (χ3v) is 3.01. The molecule has 0 fully saturated rings. The quantitative estimate of drug-likeness (QED) is 0.678. The number of methoxy groups -OCH3 is 1. The van der Waals surface area contributed by atoms with Gasteiger partial charge in [0.25, 0.3) is 0 Å². The monoisotopic (exact) mass is 312 g/mol. The van der Waals surface area contributed by atoms with Crippen LogP contribution in [-0.2, 0) is 4.74 Å². The van der Waals surface area contributed by atoms with E-state index in [2.05, 4.69) is 10.5 Å². The van der Waals surface area contributed by atoms with Crippen molar-refractivity contribution in [3.05, 3.63) is 65.7 Å². The molecular weight excluding hydrogens is 292 g/mol. The van der Waals surface area contributed by atoms with Crippen LogP contribution in [0.3, 0.4) is 0 Å². The summed E-state index contributed by atoms with van der Waals surface area (Å²) in [6.45, 7) is 3.57. The van der Waals surface area contributed by atoms with Crippen LogP contribution in [-0.4, -0.2) is 25.0 Å². The van der Waals surface area contributed by atoms with Crippen LogP contribution in [0.1, 0.15) is 25.0 Å². The van der Waals surface area contributed by atoms with Crippen LogP contribution in [0.4, 0.5) is 4.79 Å². The van der Waals surface area contributed by atoms with E-state index in [4.69, 9.17) is 9.47 Å². The van der Waals surface area contributed by atoms with Gasteiger partial charge in [0.2, 0.25) is 0 Å². The third-order valence-electron chi connectivity index (χ3n) is 3.01. The summed E-state index contributed by atoms with van der Waals surface area (Å²) in [6, 6.07) is 17.1. The van der Waals surface area contributed by atoms with Gasteiger partial charge >= 0.3 is 6.09 Å². The summed E-state index contributed by atoms with van der Waals surface area (Å²) in [6.07, 6.45) is -0.784. The molecule has 0 radical (unpaired) electrons. The summed E-state index contributed by atoms with van der Waals surface area (Å²) >= 11 is 0. The summed E-state index contributed by atoms with van der Waals surface area (Å²) in [5.41, 5.74) is 4.84. The second kappa shape index (κ2) is 7.98. The van der Waals surface area contributed by atoms with Gasteiger partial charge in [-0.2, -0.15) is 5.10 Å². The molecule has 23 heavy (non-hydrogen) atoms. The average molecular weight is 312 g/mol. The zero-order valence-corrected chi connectivity index (χ0v) is 13.4. The molecule has 0 spiro atoms. The van der Waals surface area contributed by atoms with Gasteiger partial charge in [0, 0.05) is 11.1 Å². The molecule has 2 rings (SSSR count). The van der Waals surface area contributed by atoms with Crippen LogP contribution in [0, 0.1) is 0 Å². The van der Waals surface area contributed by atoms with Crippen molar-refractivity contribution in [3.63, 3.8) is 0 Å². The highest BCUT2D eigenvalue weighted by Crippen LogP contribution is 2.15. The van der Waals surface area contributed by atoms with Crippen molar-refractivity contribution in [2.24, 2.45) is 5.10 Å². The third kappa shape index (κ3) is 4.85. The molecular formula is C18H20N2O3. The first kappa shape index (κ1) is 16.5. The number of ether oxygens (including phenoxy) is 2. The van der Waals surface area contributed by atoms with E-state index >= 15 is 0 Å². The lowest BCUT2D eigenvalue weighted by atomic mass is 10.0. The lowest BCUT2D eigenvalue weighted by Gasteiger charge is -2.10. The predicted octanol–water partition coefficient (Wildman–Crippen LogP) is 3.58.